The SMILES string of the molecule is CN(C)C(=O)Nc1ccc(F)[c]([Ti]([C]2=CC=CC2)([C]2=CC=CC2)[c]2c(F)ccc(NC(=O)N(C)C)c2F)c1F. The summed E-state index contributed by atoms with van der Waals surface area (Å²) in [7, 11) is 5.84. The summed E-state index contributed by atoms with van der Waals surface area (Å²) in [5.74, 6) is -4.13. The van der Waals surface area contributed by atoms with Gasteiger partial charge in [0.15, 0.2) is 0 Å². The third-order valence-electron chi connectivity index (χ3n) is 6.73. The Morgan fingerprint density at radius 2 is 1.08 bits per heavy atom. The van der Waals surface area contributed by atoms with Gasteiger partial charge in [0.2, 0.25) is 0 Å². The minimum absolute atomic E-state index is 0.234. The summed E-state index contributed by atoms with van der Waals surface area (Å²) in [6.45, 7) is 0. The van der Waals surface area contributed by atoms with Crippen LogP contribution in [0.3, 0.4) is 0 Å². The van der Waals surface area contributed by atoms with E-state index in [-0.39, 0.29) is 24.2 Å². The van der Waals surface area contributed by atoms with Gasteiger partial charge in [0, 0.05) is 0 Å². The molecule has 2 aliphatic carbocycles. The summed E-state index contributed by atoms with van der Waals surface area (Å²) in [5, 5.41) is 4.83. The van der Waals surface area contributed by atoms with Crippen molar-refractivity contribution < 1.29 is 43.7 Å². The third-order valence-corrected chi connectivity index (χ3v) is 14.7. The van der Waals surface area contributed by atoms with Gasteiger partial charge < -0.3 is 0 Å². The Morgan fingerprint density at radius 3 is 1.38 bits per heavy atom. The molecule has 0 saturated carbocycles. The number of amides is 4. The van der Waals surface area contributed by atoms with Crippen LogP contribution in [0.2, 0.25) is 0 Å². The van der Waals surface area contributed by atoms with Gasteiger partial charge in [0.25, 0.3) is 0 Å². The van der Waals surface area contributed by atoms with E-state index in [1.54, 1.807) is 36.5 Å². The monoisotopic (exact) mass is 576 g/mol. The van der Waals surface area contributed by atoms with Crippen molar-refractivity contribution in [3.05, 3.63) is 91.7 Å². The van der Waals surface area contributed by atoms with Gasteiger partial charge in [-0.05, 0) is 0 Å². The van der Waals surface area contributed by atoms with E-state index in [0.29, 0.717) is 7.76 Å². The molecule has 4 amide bonds. The molecule has 2 aromatic rings. The summed E-state index contributed by atoms with van der Waals surface area (Å²) in [6, 6.07) is 2.88. The predicted molar refractivity (Wildman–Crippen MR) is 141 cm³/mol. The summed E-state index contributed by atoms with van der Waals surface area (Å²) in [4.78, 5) is 27.1. The molecule has 2 N–H and O–H groups in total. The summed E-state index contributed by atoms with van der Waals surface area (Å²) < 4.78 is 65.0. The van der Waals surface area contributed by atoms with Crippen LogP contribution in [0.5, 0.6) is 0 Å². The van der Waals surface area contributed by atoms with Crippen molar-refractivity contribution in [2.75, 3.05) is 38.8 Å². The van der Waals surface area contributed by atoms with Gasteiger partial charge in [-0.1, -0.05) is 0 Å². The van der Waals surface area contributed by atoms with Crippen molar-refractivity contribution in [1.29, 1.82) is 0 Å². The summed E-state index contributed by atoms with van der Waals surface area (Å²) in [5.41, 5.74) is -0.618. The molecule has 204 valence electrons. The van der Waals surface area contributed by atoms with E-state index in [2.05, 4.69) is 10.6 Å². The third kappa shape index (κ3) is 5.06. The van der Waals surface area contributed by atoms with Crippen LogP contribution < -0.4 is 18.4 Å². The molecule has 0 bridgehead atoms. The molecule has 0 saturated heterocycles. The van der Waals surface area contributed by atoms with Crippen LogP contribution in [0.25, 0.3) is 0 Å². The van der Waals surface area contributed by atoms with E-state index in [0.717, 1.165) is 24.3 Å². The second-order valence-corrected chi connectivity index (χ2v) is 15.5. The van der Waals surface area contributed by atoms with Gasteiger partial charge in [0.05, 0.1) is 0 Å². The molecule has 0 spiro atoms. The maximum absolute atomic E-state index is 16.5. The molecular formula is C28H28F4N4O2Ti. The van der Waals surface area contributed by atoms with E-state index in [4.69, 9.17) is 0 Å². The number of carbonyl (C=O) groups is 2. The molecule has 0 atom stereocenters. The number of benzene rings is 2. The van der Waals surface area contributed by atoms with E-state index >= 15 is 17.6 Å². The molecule has 2 aromatic carbocycles. The first-order valence-electron chi connectivity index (χ1n) is 12.2. The van der Waals surface area contributed by atoms with Crippen LogP contribution in [0.15, 0.2) is 68.5 Å². The van der Waals surface area contributed by atoms with E-state index in [9.17, 15) is 9.59 Å². The summed E-state index contributed by atoms with van der Waals surface area (Å²) >= 11 is -5.09. The Hall–Kier alpha value is -3.63. The molecule has 39 heavy (non-hydrogen) atoms. The fraction of sp³-hybridized carbons (Fsp3) is 0.214. The first-order chi connectivity index (χ1) is 18.5. The van der Waals surface area contributed by atoms with Crippen LogP contribution in [0.4, 0.5) is 38.5 Å². The van der Waals surface area contributed by atoms with Gasteiger partial charge in [-0.15, -0.1) is 0 Å². The topological polar surface area (TPSA) is 64.7 Å². The van der Waals surface area contributed by atoms with Crippen molar-refractivity contribution in [3.8, 4) is 0 Å². The standard InChI is InChI=1S/2C9H9F2N2O.2C5H5.Ti/c2*1-13(2)9(14)12-8-4-3-6(10)5-7(8)11;2*1-2-4-5-3-1;/h2*3-4H,1-2H3,(H,12,14);2*1-3H,4H2;. The van der Waals surface area contributed by atoms with Crippen LogP contribution in [0.1, 0.15) is 12.8 Å². The van der Waals surface area contributed by atoms with E-state index < -0.39 is 59.7 Å². The molecule has 11 heteroatoms. The molecule has 0 aromatic heterocycles. The molecule has 0 heterocycles. The molecule has 2 aliphatic rings. The van der Waals surface area contributed by atoms with Crippen molar-refractivity contribution in [2.45, 2.75) is 12.8 Å². The Labute approximate surface area is 227 Å². The molecule has 0 radical (unpaired) electrons. The fourth-order valence-electron chi connectivity index (χ4n) is 4.86. The summed E-state index contributed by atoms with van der Waals surface area (Å²) in [6.07, 6.45) is 10.7. The number of rotatable bonds is 6. The first kappa shape index (κ1) is 28.4. The van der Waals surface area contributed by atoms with Gasteiger partial charge in [-0.3, -0.25) is 0 Å². The Morgan fingerprint density at radius 1 is 0.692 bits per heavy atom. The quantitative estimate of drug-likeness (QED) is 0.366. The van der Waals surface area contributed by atoms with Gasteiger partial charge in [-0.2, -0.15) is 0 Å². The number of nitrogens with one attached hydrogen (secondary N) is 2. The van der Waals surface area contributed by atoms with Gasteiger partial charge >= 0.3 is 228 Å². The minimum atomic E-state index is -5.09. The number of hydrogen-bond acceptors (Lipinski definition) is 2. The fourth-order valence-corrected chi connectivity index (χ4v) is 13.1. The maximum atomic E-state index is 16.5. The van der Waals surface area contributed by atoms with Crippen LogP contribution >= 0.6 is 0 Å². The normalized spacial score (nSPS) is 14.3. The van der Waals surface area contributed by atoms with Crippen molar-refractivity contribution in [1.82, 2.24) is 9.80 Å². The number of nitrogens with zero attached hydrogens (tertiary/aromatic N) is 2. The molecule has 0 fully saturated rings. The zero-order valence-electron chi connectivity index (χ0n) is 21.9. The van der Waals surface area contributed by atoms with Crippen LogP contribution in [0, 0.1) is 23.3 Å². The second-order valence-electron chi connectivity index (χ2n) is 9.62. The number of anilines is 2. The number of hydrogen-bond donors (Lipinski definition) is 2. The Kier molecular flexibility index (Phi) is 8.18. The number of carbonyl (C=O) groups excluding carboxylic acids is 2. The van der Waals surface area contributed by atoms with Crippen LogP contribution in [-0.4, -0.2) is 50.1 Å². The van der Waals surface area contributed by atoms with Crippen molar-refractivity contribution >= 4 is 31.2 Å². The molecule has 4 rings (SSSR count). The van der Waals surface area contributed by atoms with E-state index in [1.165, 1.54) is 38.0 Å². The molecule has 6 nitrogen and oxygen atoms in total. The Bertz CT molecular complexity index is 1350. The number of halogens is 4. The second kappa shape index (κ2) is 11.2. The average molecular weight is 576 g/mol. The first-order valence-corrected chi connectivity index (χ1v) is 15.3. The zero-order chi connectivity index (χ0) is 28.5. The molecule has 0 unspecified atom stereocenters. The van der Waals surface area contributed by atoms with Crippen molar-refractivity contribution in [3.63, 3.8) is 0 Å². The van der Waals surface area contributed by atoms with E-state index in [1.807, 2.05) is 0 Å². The average Bonchev–Trinajstić information content (AvgIpc) is 3.61. The predicted octanol–water partition coefficient (Wildman–Crippen LogP) is 5.22. The van der Waals surface area contributed by atoms with Crippen LogP contribution in [-0.2, 0) is 16.6 Å². The van der Waals surface area contributed by atoms with Crippen molar-refractivity contribution in [2.24, 2.45) is 0 Å². The van der Waals surface area contributed by atoms with Gasteiger partial charge in [-0.25, -0.2) is 0 Å². The number of allylic oxidation sites excluding steroid dienone is 8. The van der Waals surface area contributed by atoms with Gasteiger partial charge in [0.1, 0.15) is 0 Å². The molecular weight excluding hydrogens is 548 g/mol. The molecule has 0 aliphatic heterocycles. The Balaban J connectivity index is 2.10. The zero-order valence-corrected chi connectivity index (χ0v) is 23.5. The number of urea groups is 2.